The number of benzene rings is 2. The molecule has 33 heavy (non-hydrogen) atoms. The maximum atomic E-state index is 14.1. The van der Waals surface area contributed by atoms with Crippen LogP contribution >= 0.6 is 0 Å². The predicted octanol–water partition coefficient (Wildman–Crippen LogP) is 5.20. The van der Waals surface area contributed by atoms with Crippen molar-refractivity contribution < 1.29 is 26.7 Å². The van der Waals surface area contributed by atoms with Gasteiger partial charge in [-0.25, -0.2) is 13.8 Å². The summed E-state index contributed by atoms with van der Waals surface area (Å²) in [6, 6.07) is 4.64. The Kier molecular flexibility index (Phi) is 5.69. The van der Waals surface area contributed by atoms with Crippen molar-refractivity contribution in [3.63, 3.8) is 0 Å². The Bertz CT molecular complexity index is 1230. The van der Waals surface area contributed by atoms with E-state index in [0.29, 0.717) is 48.6 Å². The minimum Gasteiger partial charge on any atom is -0.355 e. The second kappa shape index (κ2) is 8.34. The first-order valence-corrected chi connectivity index (χ1v) is 9.96. The number of anilines is 2. The molecular formula is C23H19F5N4O. The highest BCUT2D eigenvalue weighted by molar-refractivity contribution is 5.88. The van der Waals surface area contributed by atoms with E-state index in [2.05, 4.69) is 16.9 Å². The van der Waals surface area contributed by atoms with E-state index in [1.165, 1.54) is 6.08 Å². The molecule has 1 amide bonds. The van der Waals surface area contributed by atoms with Crippen molar-refractivity contribution in [2.45, 2.75) is 19.1 Å². The zero-order valence-electron chi connectivity index (χ0n) is 17.5. The Morgan fingerprint density at radius 1 is 1.21 bits per heavy atom. The number of carbonyl (C=O) groups is 1. The third-order valence-corrected chi connectivity index (χ3v) is 5.45. The van der Waals surface area contributed by atoms with E-state index < -0.39 is 23.4 Å². The first kappa shape index (κ1) is 22.5. The number of aryl methyl sites for hydroxylation is 1. The summed E-state index contributed by atoms with van der Waals surface area (Å²) in [6.07, 6.45) is -0.0605. The van der Waals surface area contributed by atoms with Crippen LogP contribution in [0.3, 0.4) is 0 Å². The largest absolute Gasteiger partial charge is 0.422 e. The van der Waals surface area contributed by atoms with E-state index in [4.69, 9.17) is 0 Å². The minimum atomic E-state index is -5.15. The lowest BCUT2D eigenvalue weighted by Crippen LogP contribution is -2.35. The van der Waals surface area contributed by atoms with Crippen LogP contribution in [0.4, 0.5) is 33.3 Å². The molecule has 1 N–H and O–H groups in total. The zero-order chi connectivity index (χ0) is 23.9. The third-order valence-electron chi connectivity index (χ3n) is 5.45. The predicted molar refractivity (Wildman–Crippen MR) is 113 cm³/mol. The molecule has 172 valence electrons. The first-order chi connectivity index (χ1) is 15.6. The quantitative estimate of drug-likeness (QED) is 0.429. The van der Waals surface area contributed by atoms with Gasteiger partial charge in [0.05, 0.1) is 12.0 Å². The van der Waals surface area contributed by atoms with Crippen molar-refractivity contribution in [2.24, 2.45) is 7.05 Å². The SMILES string of the molecule is C=CC(=O)N1CCc2c(ccc(Nc3cc(F)c(C(F)(F)F)c(F)c3)c2-c2cn(C)cn2)C1. The van der Waals surface area contributed by atoms with Gasteiger partial charge in [-0.05, 0) is 41.8 Å². The standard InChI is InChI=1S/C23H19F5N4O/c1-3-20(33)32-7-6-15-13(10-32)4-5-18(21(15)19-11-31(2)12-29-19)30-14-8-16(24)22(17(25)9-14)23(26,27)28/h3-5,8-9,11-12,30H,1,6-7,10H2,2H3. The molecule has 3 aromatic rings. The fraction of sp³-hybridized carbons (Fsp3) is 0.217. The monoisotopic (exact) mass is 462 g/mol. The van der Waals surface area contributed by atoms with E-state index in [1.54, 1.807) is 41.2 Å². The van der Waals surface area contributed by atoms with Crippen LogP contribution in [0.15, 0.2) is 49.4 Å². The number of hydrogen-bond donors (Lipinski definition) is 1. The molecule has 4 rings (SSSR count). The number of rotatable bonds is 4. The molecule has 2 heterocycles. The van der Waals surface area contributed by atoms with Gasteiger partial charge in [-0.2, -0.15) is 13.2 Å². The van der Waals surface area contributed by atoms with Crippen molar-refractivity contribution in [3.05, 3.63) is 77.8 Å². The number of aromatic nitrogens is 2. The highest BCUT2D eigenvalue weighted by atomic mass is 19.4. The van der Waals surface area contributed by atoms with E-state index in [9.17, 15) is 26.7 Å². The fourth-order valence-corrected chi connectivity index (χ4v) is 3.98. The molecule has 10 heteroatoms. The average molecular weight is 462 g/mol. The third kappa shape index (κ3) is 4.33. The highest BCUT2D eigenvalue weighted by Crippen LogP contribution is 2.39. The molecule has 1 aromatic heterocycles. The fourth-order valence-electron chi connectivity index (χ4n) is 3.98. The molecule has 0 saturated heterocycles. The molecule has 0 radical (unpaired) electrons. The lowest BCUT2D eigenvalue weighted by molar-refractivity contribution is -0.142. The summed E-state index contributed by atoms with van der Waals surface area (Å²) in [7, 11) is 1.78. The molecule has 0 spiro atoms. The zero-order valence-corrected chi connectivity index (χ0v) is 17.5. The molecule has 2 aromatic carbocycles. The molecule has 0 aliphatic carbocycles. The molecule has 5 nitrogen and oxygen atoms in total. The summed E-state index contributed by atoms with van der Waals surface area (Å²) in [5, 5.41) is 2.84. The molecule has 1 aliphatic rings. The van der Waals surface area contributed by atoms with Gasteiger partial charge < -0.3 is 14.8 Å². The highest BCUT2D eigenvalue weighted by Gasteiger charge is 2.38. The van der Waals surface area contributed by atoms with Crippen LogP contribution in [0, 0.1) is 11.6 Å². The minimum absolute atomic E-state index is 0.172. The Morgan fingerprint density at radius 3 is 2.48 bits per heavy atom. The van der Waals surface area contributed by atoms with Crippen LogP contribution < -0.4 is 5.32 Å². The van der Waals surface area contributed by atoms with Crippen LogP contribution in [-0.4, -0.2) is 26.9 Å². The summed E-state index contributed by atoms with van der Waals surface area (Å²) in [5.74, 6) is -3.61. The van der Waals surface area contributed by atoms with Gasteiger partial charge in [-0.3, -0.25) is 4.79 Å². The van der Waals surface area contributed by atoms with Crippen molar-refractivity contribution in [1.82, 2.24) is 14.5 Å². The topological polar surface area (TPSA) is 50.2 Å². The van der Waals surface area contributed by atoms with Crippen LogP contribution in [0.25, 0.3) is 11.3 Å². The van der Waals surface area contributed by atoms with Gasteiger partial charge in [0.1, 0.15) is 17.2 Å². The number of alkyl halides is 3. The lowest BCUT2D eigenvalue weighted by Gasteiger charge is -2.30. The second-order valence-electron chi connectivity index (χ2n) is 7.70. The van der Waals surface area contributed by atoms with Gasteiger partial charge in [0.25, 0.3) is 0 Å². The summed E-state index contributed by atoms with van der Waals surface area (Å²) >= 11 is 0. The maximum Gasteiger partial charge on any atom is 0.422 e. The van der Waals surface area contributed by atoms with Crippen LogP contribution in [0.5, 0.6) is 0 Å². The number of fused-ring (bicyclic) bond motifs is 1. The average Bonchev–Trinajstić information content (AvgIpc) is 3.16. The maximum absolute atomic E-state index is 14.1. The number of hydrogen-bond acceptors (Lipinski definition) is 3. The number of carbonyl (C=O) groups excluding carboxylic acids is 1. The molecule has 0 unspecified atom stereocenters. The van der Waals surface area contributed by atoms with E-state index >= 15 is 0 Å². The number of nitrogens with zero attached hydrogens (tertiary/aromatic N) is 3. The Balaban J connectivity index is 1.78. The van der Waals surface area contributed by atoms with Crippen LogP contribution in [-0.2, 0) is 31.0 Å². The van der Waals surface area contributed by atoms with Crippen LogP contribution in [0.1, 0.15) is 16.7 Å². The number of nitrogens with one attached hydrogen (secondary N) is 1. The summed E-state index contributed by atoms with van der Waals surface area (Å²) < 4.78 is 68.7. The van der Waals surface area contributed by atoms with E-state index in [0.717, 1.165) is 11.1 Å². The Hall–Kier alpha value is -3.69. The normalized spacial score (nSPS) is 13.6. The molecule has 0 atom stereocenters. The van der Waals surface area contributed by atoms with Crippen molar-refractivity contribution in [2.75, 3.05) is 11.9 Å². The lowest BCUT2D eigenvalue weighted by atomic mass is 9.91. The van der Waals surface area contributed by atoms with Crippen LogP contribution in [0.2, 0.25) is 0 Å². The smallest absolute Gasteiger partial charge is 0.355 e. The summed E-state index contributed by atoms with van der Waals surface area (Å²) in [6.45, 7) is 4.30. The molecular weight excluding hydrogens is 443 g/mol. The first-order valence-electron chi connectivity index (χ1n) is 9.96. The second-order valence-corrected chi connectivity index (χ2v) is 7.70. The molecule has 1 aliphatic heterocycles. The van der Waals surface area contributed by atoms with Gasteiger partial charge in [-0.15, -0.1) is 0 Å². The van der Waals surface area contributed by atoms with Gasteiger partial charge >= 0.3 is 6.18 Å². The van der Waals surface area contributed by atoms with Gasteiger partial charge in [0.2, 0.25) is 5.91 Å². The van der Waals surface area contributed by atoms with Gasteiger partial charge in [0.15, 0.2) is 0 Å². The molecule has 0 saturated carbocycles. The van der Waals surface area contributed by atoms with E-state index in [-0.39, 0.29) is 11.6 Å². The van der Waals surface area contributed by atoms with Gasteiger partial charge in [-0.1, -0.05) is 12.6 Å². The summed E-state index contributed by atoms with van der Waals surface area (Å²) in [5.41, 5.74) is 1.30. The summed E-state index contributed by atoms with van der Waals surface area (Å²) in [4.78, 5) is 18.1. The number of imidazole rings is 1. The van der Waals surface area contributed by atoms with Crippen molar-refractivity contribution in [1.29, 1.82) is 0 Å². The molecule has 0 bridgehead atoms. The number of halogens is 5. The van der Waals surface area contributed by atoms with Crippen molar-refractivity contribution >= 4 is 17.3 Å². The van der Waals surface area contributed by atoms with Crippen molar-refractivity contribution in [3.8, 4) is 11.3 Å². The number of amides is 1. The molecule has 0 fully saturated rings. The van der Waals surface area contributed by atoms with E-state index in [1.807, 2.05) is 0 Å². The van der Waals surface area contributed by atoms with Gasteiger partial charge in [0, 0.05) is 43.3 Å². The Labute approximate surface area is 186 Å². The Morgan fingerprint density at radius 2 is 1.91 bits per heavy atom.